The topological polar surface area (TPSA) is 67.6 Å². The summed E-state index contributed by atoms with van der Waals surface area (Å²) in [7, 11) is 2.15. The Labute approximate surface area is 172 Å². The summed E-state index contributed by atoms with van der Waals surface area (Å²) in [6.07, 6.45) is 4.02. The monoisotopic (exact) mass is 394 g/mol. The van der Waals surface area contributed by atoms with Gasteiger partial charge in [0, 0.05) is 25.2 Å². The van der Waals surface area contributed by atoms with Crippen LogP contribution in [0, 0.1) is 6.92 Å². The first-order valence-electron chi connectivity index (χ1n) is 10.4. The van der Waals surface area contributed by atoms with Crippen molar-refractivity contribution in [2.75, 3.05) is 25.5 Å². The molecule has 7 nitrogen and oxygen atoms in total. The summed E-state index contributed by atoms with van der Waals surface area (Å²) in [6, 6.07) is 8.78. The Morgan fingerprint density at radius 3 is 2.66 bits per heavy atom. The van der Waals surface area contributed by atoms with Crippen molar-refractivity contribution in [1.82, 2.24) is 24.5 Å². The molecular formula is C22H30N6O. The van der Waals surface area contributed by atoms with Gasteiger partial charge in [-0.1, -0.05) is 38.1 Å². The molecule has 3 heterocycles. The summed E-state index contributed by atoms with van der Waals surface area (Å²) in [5, 5.41) is 7.98. The van der Waals surface area contributed by atoms with Crippen LogP contribution in [-0.2, 0) is 6.54 Å². The minimum Gasteiger partial charge on any atom is -0.460 e. The summed E-state index contributed by atoms with van der Waals surface area (Å²) in [5.41, 5.74) is 4.38. The molecule has 1 fully saturated rings. The molecule has 0 radical (unpaired) electrons. The highest BCUT2D eigenvalue weighted by molar-refractivity contribution is 5.53. The number of rotatable bonds is 6. The number of aromatic nitrogens is 4. The number of hydrogen-bond acceptors (Lipinski definition) is 6. The van der Waals surface area contributed by atoms with Gasteiger partial charge in [0.2, 0.25) is 5.95 Å². The molecule has 1 saturated heterocycles. The van der Waals surface area contributed by atoms with Crippen LogP contribution in [0.5, 0.6) is 6.01 Å². The SMILES string of the molecule is Cc1ccccc1CNc1nc(OC2CCN(C)CC2)nc2c(C(C)C)cnn12. The molecule has 29 heavy (non-hydrogen) atoms. The van der Waals surface area contributed by atoms with Gasteiger partial charge in [0.05, 0.1) is 6.20 Å². The highest BCUT2D eigenvalue weighted by atomic mass is 16.5. The van der Waals surface area contributed by atoms with E-state index in [4.69, 9.17) is 9.72 Å². The van der Waals surface area contributed by atoms with Crippen molar-refractivity contribution in [3.63, 3.8) is 0 Å². The summed E-state index contributed by atoms with van der Waals surface area (Å²) in [4.78, 5) is 11.7. The Bertz CT molecular complexity index is 975. The van der Waals surface area contributed by atoms with Crippen LogP contribution in [0.3, 0.4) is 0 Å². The number of benzene rings is 1. The van der Waals surface area contributed by atoms with E-state index in [1.807, 2.05) is 6.20 Å². The maximum absolute atomic E-state index is 6.20. The van der Waals surface area contributed by atoms with Gasteiger partial charge in [-0.15, -0.1) is 0 Å². The molecule has 3 aromatic rings. The molecule has 1 aromatic carbocycles. The standard InChI is InChI=1S/C22H30N6O/c1-15(2)19-14-24-28-20(19)25-22(29-18-9-11-27(4)12-10-18)26-21(28)23-13-17-8-6-5-7-16(17)3/h5-8,14-15,18H,9-13H2,1-4H3,(H,23,25,26). The predicted molar refractivity (Wildman–Crippen MR) is 115 cm³/mol. The van der Waals surface area contributed by atoms with Crippen LogP contribution in [0.2, 0.25) is 0 Å². The fourth-order valence-corrected chi connectivity index (χ4v) is 3.68. The fraction of sp³-hybridized carbons (Fsp3) is 0.500. The third kappa shape index (κ3) is 4.34. The van der Waals surface area contributed by atoms with Crippen LogP contribution in [0.15, 0.2) is 30.5 Å². The van der Waals surface area contributed by atoms with Gasteiger partial charge < -0.3 is 15.0 Å². The minimum absolute atomic E-state index is 0.156. The largest absolute Gasteiger partial charge is 0.460 e. The highest BCUT2D eigenvalue weighted by Crippen LogP contribution is 2.24. The van der Waals surface area contributed by atoms with E-state index < -0.39 is 0 Å². The number of anilines is 1. The van der Waals surface area contributed by atoms with Crippen molar-refractivity contribution in [1.29, 1.82) is 0 Å². The number of ether oxygens (including phenoxy) is 1. The molecule has 0 amide bonds. The van der Waals surface area contributed by atoms with Crippen molar-refractivity contribution in [2.45, 2.75) is 52.2 Å². The Kier molecular flexibility index (Phi) is 5.67. The fourth-order valence-electron chi connectivity index (χ4n) is 3.68. The zero-order valence-electron chi connectivity index (χ0n) is 17.7. The third-order valence-corrected chi connectivity index (χ3v) is 5.63. The van der Waals surface area contributed by atoms with E-state index in [9.17, 15) is 0 Å². The van der Waals surface area contributed by atoms with Crippen LogP contribution in [0.4, 0.5) is 5.95 Å². The van der Waals surface area contributed by atoms with E-state index in [1.54, 1.807) is 4.52 Å². The van der Waals surface area contributed by atoms with E-state index in [0.717, 1.165) is 37.1 Å². The Morgan fingerprint density at radius 1 is 1.17 bits per heavy atom. The van der Waals surface area contributed by atoms with Crippen molar-refractivity contribution < 1.29 is 4.74 Å². The molecule has 1 aliphatic heterocycles. The maximum Gasteiger partial charge on any atom is 0.322 e. The lowest BCUT2D eigenvalue weighted by Crippen LogP contribution is -2.36. The van der Waals surface area contributed by atoms with Gasteiger partial charge in [0.15, 0.2) is 5.65 Å². The number of fused-ring (bicyclic) bond motifs is 1. The molecule has 0 saturated carbocycles. The van der Waals surface area contributed by atoms with Crippen LogP contribution in [0.25, 0.3) is 5.65 Å². The number of nitrogens with zero attached hydrogens (tertiary/aromatic N) is 5. The third-order valence-electron chi connectivity index (χ3n) is 5.63. The molecule has 0 bridgehead atoms. The van der Waals surface area contributed by atoms with E-state index in [2.05, 4.69) is 72.4 Å². The molecule has 0 spiro atoms. The summed E-state index contributed by atoms with van der Waals surface area (Å²) in [6.45, 7) is 9.16. The molecule has 4 rings (SSSR count). The molecule has 0 unspecified atom stereocenters. The first-order valence-corrected chi connectivity index (χ1v) is 10.4. The number of piperidine rings is 1. The van der Waals surface area contributed by atoms with Crippen LogP contribution in [0.1, 0.15) is 49.3 Å². The molecule has 7 heteroatoms. The smallest absolute Gasteiger partial charge is 0.322 e. The lowest BCUT2D eigenvalue weighted by Gasteiger charge is -2.28. The van der Waals surface area contributed by atoms with Gasteiger partial charge in [-0.3, -0.25) is 0 Å². The van der Waals surface area contributed by atoms with E-state index in [-0.39, 0.29) is 6.10 Å². The van der Waals surface area contributed by atoms with Crippen LogP contribution >= 0.6 is 0 Å². The summed E-state index contributed by atoms with van der Waals surface area (Å²) < 4.78 is 7.99. The molecule has 154 valence electrons. The zero-order chi connectivity index (χ0) is 20.4. The number of hydrogen-bond donors (Lipinski definition) is 1. The maximum atomic E-state index is 6.20. The van der Waals surface area contributed by atoms with Crippen molar-refractivity contribution in [3.8, 4) is 6.01 Å². The van der Waals surface area contributed by atoms with Gasteiger partial charge in [-0.25, -0.2) is 0 Å². The molecule has 1 aliphatic rings. The zero-order valence-corrected chi connectivity index (χ0v) is 17.7. The first kappa shape index (κ1) is 19.6. The van der Waals surface area contributed by atoms with Crippen LogP contribution in [-0.4, -0.2) is 50.7 Å². The average molecular weight is 395 g/mol. The van der Waals surface area contributed by atoms with E-state index in [1.165, 1.54) is 11.1 Å². The second-order valence-electron chi connectivity index (χ2n) is 8.22. The van der Waals surface area contributed by atoms with Crippen molar-refractivity contribution in [2.24, 2.45) is 0 Å². The second-order valence-corrected chi connectivity index (χ2v) is 8.22. The van der Waals surface area contributed by atoms with Crippen molar-refractivity contribution in [3.05, 3.63) is 47.2 Å². The molecule has 0 aliphatic carbocycles. The highest BCUT2D eigenvalue weighted by Gasteiger charge is 2.21. The minimum atomic E-state index is 0.156. The average Bonchev–Trinajstić information content (AvgIpc) is 3.13. The Balaban J connectivity index is 1.63. The number of nitrogens with one attached hydrogen (secondary N) is 1. The number of aryl methyl sites for hydroxylation is 1. The van der Waals surface area contributed by atoms with Gasteiger partial charge in [0.1, 0.15) is 6.10 Å². The molecule has 2 aromatic heterocycles. The lowest BCUT2D eigenvalue weighted by molar-refractivity contribution is 0.105. The van der Waals surface area contributed by atoms with E-state index in [0.29, 0.717) is 24.4 Å². The van der Waals surface area contributed by atoms with Gasteiger partial charge >= 0.3 is 6.01 Å². The number of likely N-dealkylation sites (tertiary alicyclic amines) is 1. The lowest BCUT2D eigenvalue weighted by atomic mass is 10.1. The summed E-state index contributed by atoms with van der Waals surface area (Å²) >= 11 is 0. The van der Waals surface area contributed by atoms with Gasteiger partial charge in [-0.05, 0) is 43.9 Å². The normalized spacial score (nSPS) is 15.9. The first-order chi connectivity index (χ1) is 14.0. The van der Waals surface area contributed by atoms with Crippen LogP contribution < -0.4 is 10.1 Å². The predicted octanol–water partition coefficient (Wildman–Crippen LogP) is 3.64. The quantitative estimate of drug-likeness (QED) is 0.688. The van der Waals surface area contributed by atoms with E-state index >= 15 is 0 Å². The Morgan fingerprint density at radius 2 is 1.93 bits per heavy atom. The van der Waals surface area contributed by atoms with Gasteiger partial charge in [0.25, 0.3) is 0 Å². The molecule has 1 N–H and O–H groups in total. The van der Waals surface area contributed by atoms with Crippen molar-refractivity contribution >= 4 is 11.6 Å². The second kappa shape index (κ2) is 8.37. The molecule has 0 atom stereocenters. The summed E-state index contributed by atoms with van der Waals surface area (Å²) in [5.74, 6) is 0.982. The molecular weight excluding hydrogens is 364 g/mol. The Hall–Kier alpha value is -2.67. The van der Waals surface area contributed by atoms with Gasteiger partial charge in [-0.2, -0.15) is 19.6 Å².